The molecule has 0 unspecified atom stereocenters. The van der Waals surface area contributed by atoms with Crippen molar-refractivity contribution in [2.24, 2.45) is 0 Å². The number of benzene rings is 1. The van der Waals surface area contributed by atoms with Crippen molar-refractivity contribution >= 4 is 0 Å². The molecule has 0 radical (unpaired) electrons. The Balaban J connectivity index is 2.21. The summed E-state index contributed by atoms with van der Waals surface area (Å²) < 4.78 is 15.7. The van der Waals surface area contributed by atoms with Crippen LogP contribution in [0.4, 0.5) is 0 Å². The zero-order valence-electron chi connectivity index (χ0n) is 8.40. The Morgan fingerprint density at radius 1 is 1.47 bits per heavy atom. The highest BCUT2D eigenvalue weighted by molar-refractivity contribution is 5.47. The maximum atomic E-state index is 8.88. The van der Waals surface area contributed by atoms with Crippen LogP contribution in [0, 0.1) is 11.3 Å². The van der Waals surface area contributed by atoms with Gasteiger partial charge in [-0.25, -0.2) is 0 Å². The Morgan fingerprint density at radius 3 is 2.80 bits per heavy atom. The van der Waals surface area contributed by atoms with Crippen LogP contribution in [0.15, 0.2) is 18.2 Å². The lowest BCUT2D eigenvalue weighted by molar-refractivity contribution is -0.0798. The molecular weight excluding hydrogens is 194 g/mol. The minimum absolute atomic E-state index is 0.0595. The van der Waals surface area contributed by atoms with Crippen LogP contribution in [0.1, 0.15) is 5.56 Å². The molecule has 4 heteroatoms. The average molecular weight is 205 g/mol. The van der Waals surface area contributed by atoms with Crippen LogP contribution in [0.5, 0.6) is 11.5 Å². The smallest absolute Gasteiger partial charge is 0.145 e. The summed E-state index contributed by atoms with van der Waals surface area (Å²) >= 11 is 0. The fraction of sp³-hybridized carbons (Fsp3) is 0.364. The molecule has 0 aliphatic carbocycles. The fourth-order valence-corrected chi connectivity index (χ4v) is 1.28. The van der Waals surface area contributed by atoms with E-state index in [1.165, 1.54) is 0 Å². The predicted octanol–water partition coefficient (Wildman–Crippen LogP) is 1.34. The van der Waals surface area contributed by atoms with Crippen LogP contribution >= 0.6 is 0 Å². The van der Waals surface area contributed by atoms with E-state index in [1.54, 1.807) is 25.3 Å². The molecule has 0 atom stereocenters. The maximum Gasteiger partial charge on any atom is 0.145 e. The Bertz CT molecular complexity index is 393. The molecule has 0 spiro atoms. The number of methoxy groups -OCH3 is 1. The first-order valence-electron chi connectivity index (χ1n) is 4.66. The monoisotopic (exact) mass is 205 g/mol. The highest BCUT2D eigenvalue weighted by Crippen LogP contribution is 2.26. The van der Waals surface area contributed by atoms with Crippen molar-refractivity contribution in [3.63, 3.8) is 0 Å². The van der Waals surface area contributed by atoms with Gasteiger partial charge in [-0.15, -0.1) is 0 Å². The molecule has 1 fully saturated rings. The second-order valence-corrected chi connectivity index (χ2v) is 3.25. The zero-order chi connectivity index (χ0) is 10.7. The molecular formula is C11H11NO3. The third-order valence-corrected chi connectivity index (χ3v) is 2.21. The summed E-state index contributed by atoms with van der Waals surface area (Å²) in [5, 5.41) is 8.88. The van der Waals surface area contributed by atoms with Gasteiger partial charge in [-0.05, 0) is 12.1 Å². The second kappa shape index (κ2) is 4.20. The van der Waals surface area contributed by atoms with Gasteiger partial charge >= 0.3 is 0 Å². The summed E-state index contributed by atoms with van der Waals surface area (Å²) in [6.07, 6.45) is 0.0595. The summed E-state index contributed by atoms with van der Waals surface area (Å²) in [5.74, 6) is 1.24. The van der Waals surface area contributed by atoms with Gasteiger partial charge in [0.15, 0.2) is 0 Å². The van der Waals surface area contributed by atoms with Gasteiger partial charge in [-0.2, -0.15) is 5.26 Å². The molecule has 0 amide bonds. The Labute approximate surface area is 88.0 Å². The van der Waals surface area contributed by atoms with E-state index in [0.717, 1.165) is 0 Å². The minimum atomic E-state index is 0.0595. The number of nitriles is 1. The fourth-order valence-electron chi connectivity index (χ4n) is 1.28. The SMILES string of the molecule is COc1ccc(C#N)c(OC2COC2)c1. The van der Waals surface area contributed by atoms with Crippen LogP contribution in [0.3, 0.4) is 0 Å². The predicted molar refractivity (Wildman–Crippen MR) is 52.9 cm³/mol. The van der Waals surface area contributed by atoms with Crippen molar-refractivity contribution in [1.29, 1.82) is 5.26 Å². The summed E-state index contributed by atoms with van der Waals surface area (Å²) in [6, 6.07) is 7.23. The number of hydrogen-bond donors (Lipinski definition) is 0. The molecule has 0 bridgehead atoms. The Kier molecular flexibility index (Phi) is 2.75. The topological polar surface area (TPSA) is 51.5 Å². The van der Waals surface area contributed by atoms with E-state index in [1.807, 2.05) is 0 Å². The molecule has 78 valence electrons. The quantitative estimate of drug-likeness (QED) is 0.747. The van der Waals surface area contributed by atoms with E-state index in [9.17, 15) is 0 Å². The number of ether oxygens (including phenoxy) is 3. The first kappa shape index (κ1) is 9.81. The van der Waals surface area contributed by atoms with E-state index >= 15 is 0 Å². The number of hydrogen-bond acceptors (Lipinski definition) is 4. The highest BCUT2D eigenvalue weighted by Gasteiger charge is 2.21. The van der Waals surface area contributed by atoms with Crippen LogP contribution in [-0.2, 0) is 4.74 Å². The summed E-state index contributed by atoms with van der Waals surface area (Å²) in [7, 11) is 1.58. The Hall–Kier alpha value is -1.73. The van der Waals surface area contributed by atoms with Gasteiger partial charge in [0.2, 0.25) is 0 Å². The third-order valence-electron chi connectivity index (χ3n) is 2.21. The molecule has 1 aliphatic heterocycles. The van der Waals surface area contributed by atoms with Crippen LogP contribution in [0.2, 0.25) is 0 Å². The summed E-state index contributed by atoms with van der Waals surface area (Å²) in [6.45, 7) is 1.17. The molecule has 1 saturated heterocycles. The van der Waals surface area contributed by atoms with Crippen LogP contribution < -0.4 is 9.47 Å². The normalized spacial score (nSPS) is 15.2. The highest BCUT2D eigenvalue weighted by atomic mass is 16.6. The van der Waals surface area contributed by atoms with Crippen LogP contribution in [0.25, 0.3) is 0 Å². The van der Waals surface area contributed by atoms with Crippen molar-refractivity contribution in [2.45, 2.75) is 6.10 Å². The second-order valence-electron chi connectivity index (χ2n) is 3.25. The summed E-state index contributed by atoms with van der Waals surface area (Å²) in [4.78, 5) is 0. The molecule has 4 nitrogen and oxygen atoms in total. The number of nitrogens with zero attached hydrogens (tertiary/aromatic N) is 1. The van der Waals surface area contributed by atoms with Crippen molar-refractivity contribution in [3.05, 3.63) is 23.8 Å². The zero-order valence-corrected chi connectivity index (χ0v) is 8.40. The van der Waals surface area contributed by atoms with E-state index in [4.69, 9.17) is 19.5 Å². The molecule has 0 N–H and O–H groups in total. The molecule has 0 aromatic heterocycles. The standard InChI is InChI=1S/C11H11NO3/c1-13-9-3-2-8(5-12)11(4-9)15-10-6-14-7-10/h2-4,10H,6-7H2,1H3. The van der Waals surface area contributed by atoms with Crippen molar-refractivity contribution in [3.8, 4) is 17.6 Å². The summed E-state index contributed by atoms with van der Waals surface area (Å²) in [5.41, 5.74) is 0.516. The molecule has 1 aromatic rings. The van der Waals surface area contributed by atoms with Gasteiger partial charge < -0.3 is 14.2 Å². The van der Waals surface area contributed by atoms with Gasteiger partial charge in [-0.3, -0.25) is 0 Å². The molecule has 2 rings (SSSR count). The van der Waals surface area contributed by atoms with Crippen LogP contribution in [-0.4, -0.2) is 26.4 Å². The van der Waals surface area contributed by atoms with Gasteiger partial charge in [0.25, 0.3) is 0 Å². The van der Waals surface area contributed by atoms with Crippen molar-refractivity contribution in [2.75, 3.05) is 20.3 Å². The van der Waals surface area contributed by atoms with Gasteiger partial charge in [-0.1, -0.05) is 0 Å². The largest absolute Gasteiger partial charge is 0.497 e. The van der Waals surface area contributed by atoms with Gasteiger partial charge in [0, 0.05) is 6.07 Å². The Morgan fingerprint density at radius 2 is 2.27 bits per heavy atom. The molecule has 1 heterocycles. The molecule has 15 heavy (non-hydrogen) atoms. The maximum absolute atomic E-state index is 8.88. The molecule has 1 aliphatic rings. The lowest BCUT2D eigenvalue weighted by Gasteiger charge is -2.27. The van der Waals surface area contributed by atoms with E-state index in [0.29, 0.717) is 30.3 Å². The lowest BCUT2D eigenvalue weighted by atomic mass is 10.2. The van der Waals surface area contributed by atoms with E-state index in [-0.39, 0.29) is 6.10 Å². The average Bonchev–Trinajstić information content (AvgIpc) is 2.23. The van der Waals surface area contributed by atoms with E-state index in [2.05, 4.69) is 6.07 Å². The molecule has 0 saturated carbocycles. The first-order chi connectivity index (χ1) is 7.33. The molecule has 1 aromatic carbocycles. The number of rotatable bonds is 3. The van der Waals surface area contributed by atoms with Gasteiger partial charge in [0.1, 0.15) is 23.7 Å². The minimum Gasteiger partial charge on any atom is -0.497 e. The first-order valence-corrected chi connectivity index (χ1v) is 4.66. The van der Waals surface area contributed by atoms with Crippen molar-refractivity contribution in [1.82, 2.24) is 0 Å². The van der Waals surface area contributed by atoms with Gasteiger partial charge in [0.05, 0.1) is 25.9 Å². The van der Waals surface area contributed by atoms with Crippen molar-refractivity contribution < 1.29 is 14.2 Å². The lowest BCUT2D eigenvalue weighted by Crippen LogP contribution is -2.38. The van der Waals surface area contributed by atoms with E-state index < -0.39 is 0 Å². The third kappa shape index (κ3) is 2.03.